The van der Waals surface area contributed by atoms with E-state index in [2.05, 4.69) is 4.74 Å². The van der Waals surface area contributed by atoms with Gasteiger partial charge in [0, 0.05) is 7.05 Å². The van der Waals surface area contributed by atoms with Crippen LogP contribution in [0.4, 0.5) is 10.5 Å². The van der Waals surface area contributed by atoms with Crippen molar-refractivity contribution in [3.05, 3.63) is 24.3 Å². The van der Waals surface area contributed by atoms with Crippen molar-refractivity contribution in [2.45, 2.75) is 0 Å². The zero-order chi connectivity index (χ0) is 13.1. The number of carbonyl (C=O) groups is 1. The largest absolute Gasteiger partial charge is 0.508 e. The van der Waals surface area contributed by atoms with Crippen molar-refractivity contribution in [3.8, 4) is 5.75 Å². The van der Waals surface area contributed by atoms with Gasteiger partial charge in [0.25, 0.3) is 0 Å². The number of hydrogen-bond acceptors (Lipinski definition) is 5. The fourth-order valence-corrected chi connectivity index (χ4v) is 1.85. The Morgan fingerprint density at radius 2 is 1.88 bits per heavy atom. The molecule has 0 aliphatic heterocycles. The molecule has 17 heavy (non-hydrogen) atoms. The van der Waals surface area contributed by atoms with Gasteiger partial charge in [-0.2, -0.15) is 8.42 Å². The van der Waals surface area contributed by atoms with E-state index in [1.54, 1.807) is 4.72 Å². The summed E-state index contributed by atoms with van der Waals surface area (Å²) in [5.41, 5.74) is 0.291. The number of phenols is 1. The molecule has 7 nitrogen and oxygen atoms in total. The molecule has 2 N–H and O–H groups in total. The van der Waals surface area contributed by atoms with E-state index in [0.29, 0.717) is 5.69 Å². The maximum atomic E-state index is 11.6. The molecular weight excluding hydrogens is 248 g/mol. The van der Waals surface area contributed by atoms with E-state index in [1.807, 2.05) is 0 Å². The molecule has 0 aromatic heterocycles. The molecule has 0 fully saturated rings. The minimum absolute atomic E-state index is 0.0143. The lowest BCUT2D eigenvalue weighted by Crippen LogP contribution is -2.41. The molecule has 0 heterocycles. The number of aromatic hydroxyl groups is 1. The summed E-state index contributed by atoms with van der Waals surface area (Å²) in [5, 5.41) is 9.07. The van der Waals surface area contributed by atoms with Crippen molar-refractivity contribution in [2.75, 3.05) is 18.5 Å². The van der Waals surface area contributed by atoms with Crippen LogP contribution in [-0.4, -0.2) is 33.8 Å². The van der Waals surface area contributed by atoms with Crippen molar-refractivity contribution in [1.29, 1.82) is 0 Å². The Bertz CT molecular complexity index is 497. The summed E-state index contributed by atoms with van der Waals surface area (Å²) in [6.45, 7) is 0. The highest BCUT2D eigenvalue weighted by atomic mass is 32.2. The normalized spacial score (nSPS) is 10.7. The van der Waals surface area contributed by atoms with Gasteiger partial charge in [-0.25, -0.2) is 9.52 Å². The molecule has 0 bridgehead atoms. The summed E-state index contributed by atoms with van der Waals surface area (Å²) in [7, 11) is -1.69. The van der Waals surface area contributed by atoms with Gasteiger partial charge < -0.3 is 9.84 Å². The zero-order valence-corrected chi connectivity index (χ0v) is 10.1. The molecule has 8 heteroatoms. The number of anilines is 1. The molecule has 0 aliphatic rings. The smallest absolute Gasteiger partial charge is 0.422 e. The molecule has 0 unspecified atom stereocenters. The van der Waals surface area contributed by atoms with E-state index in [4.69, 9.17) is 5.11 Å². The Hall–Kier alpha value is -1.96. The number of carbonyl (C=O) groups excluding carboxylic acids is 1. The van der Waals surface area contributed by atoms with Gasteiger partial charge in [0.2, 0.25) is 0 Å². The van der Waals surface area contributed by atoms with E-state index in [-0.39, 0.29) is 5.75 Å². The summed E-state index contributed by atoms with van der Waals surface area (Å²) < 4.78 is 30.0. The van der Waals surface area contributed by atoms with Crippen LogP contribution < -0.4 is 9.03 Å². The molecule has 0 radical (unpaired) electrons. The second kappa shape index (κ2) is 4.91. The van der Waals surface area contributed by atoms with Gasteiger partial charge in [0.1, 0.15) is 5.75 Å². The highest BCUT2D eigenvalue weighted by molar-refractivity contribution is 7.91. The van der Waals surface area contributed by atoms with E-state index >= 15 is 0 Å². The fraction of sp³-hybridized carbons (Fsp3) is 0.222. The average Bonchev–Trinajstić information content (AvgIpc) is 2.28. The summed E-state index contributed by atoms with van der Waals surface area (Å²) in [4.78, 5) is 10.8. The van der Waals surface area contributed by atoms with Gasteiger partial charge in [-0.05, 0) is 24.3 Å². The van der Waals surface area contributed by atoms with Crippen LogP contribution >= 0.6 is 0 Å². The molecule has 0 aliphatic carbocycles. The lowest BCUT2D eigenvalue weighted by atomic mass is 10.3. The van der Waals surface area contributed by atoms with Crippen LogP contribution in [-0.2, 0) is 14.9 Å². The first kappa shape index (κ1) is 13.1. The second-order valence-electron chi connectivity index (χ2n) is 3.08. The van der Waals surface area contributed by atoms with Gasteiger partial charge >= 0.3 is 16.3 Å². The fourth-order valence-electron chi connectivity index (χ4n) is 1.02. The van der Waals surface area contributed by atoms with Crippen molar-refractivity contribution in [2.24, 2.45) is 0 Å². The van der Waals surface area contributed by atoms with Crippen LogP contribution in [0.1, 0.15) is 0 Å². The highest BCUT2D eigenvalue weighted by Crippen LogP contribution is 2.18. The van der Waals surface area contributed by atoms with Gasteiger partial charge in [-0.1, -0.05) is 0 Å². The minimum atomic E-state index is -4.01. The number of ether oxygens (including phenoxy) is 1. The molecular formula is C9H12N2O5S. The molecule has 0 spiro atoms. The van der Waals surface area contributed by atoms with Crippen molar-refractivity contribution in [3.63, 3.8) is 0 Å². The predicted octanol–water partition coefficient (Wildman–Crippen LogP) is 0.429. The van der Waals surface area contributed by atoms with Crippen LogP contribution in [0.2, 0.25) is 0 Å². The van der Waals surface area contributed by atoms with Gasteiger partial charge in [0.05, 0.1) is 12.8 Å². The SMILES string of the molecule is COC(=O)NS(=O)(=O)N(C)c1ccc(O)cc1. The summed E-state index contributed by atoms with van der Waals surface area (Å²) in [6, 6.07) is 5.46. The summed E-state index contributed by atoms with van der Waals surface area (Å²) >= 11 is 0. The highest BCUT2D eigenvalue weighted by Gasteiger charge is 2.21. The monoisotopic (exact) mass is 260 g/mol. The van der Waals surface area contributed by atoms with E-state index in [9.17, 15) is 13.2 Å². The molecule has 94 valence electrons. The zero-order valence-electron chi connectivity index (χ0n) is 9.25. The van der Waals surface area contributed by atoms with Gasteiger partial charge in [0.15, 0.2) is 0 Å². The lowest BCUT2D eigenvalue weighted by molar-refractivity contribution is 0.177. The van der Waals surface area contributed by atoms with E-state index in [0.717, 1.165) is 11.4 Å². The Labute approximate surface area is 98.8 Å². The predicted molar refractivity (Wildman–Crippen MR) is 61.0 cm³/mol. The average molecular weight is 260 g/mol. The van der Waals surface area contributed by atoms with Crippen LogP contribution in [0.3, 0.4) is 0 Å². The molecule has 0 saturated heterocycles. The first-order valence-electron chi connectivity index (χ1n) is 4.50. The Morgan fingerprint density at radius 1 is 1.35 bits per heavy atom. The number of nitrogens with one attached hydrogen (secondary N) is 1. The molecule has 0 atom stereocenters. The molecule has 1 aromatic carbocycles. The number of benzene rings is 1. The Kier molecular flexibility index (Phi) is 3.79. The van der Waals surface area contributed by atoms with E-state index in [1.165, 1.54) is 31.3 Å². The standard InChI is InChI=1S/C9H12N2O5S/c1-11(7-3-5-8(12)6-4-7)17(14,15)10-9(13)16-2/h3-6,12H,1-2H3,(H,10,13). The third kappa shape index (κ3) is 3.25. The number of rotatable bonds is 3. The number of nitrogens with zero attached hydrogens (tertiary/aromatic N) is 1. The first-order chi connectivity index (χ1) is 7.86. The number of methoxy groups -OCH3 is 1. The number of hydrogen-bond donors (Lipinski definition) is 2. The van der Waals surface area contributed by atoms with Crippen LogP contribution in [0.15, 0.2) is 24.3 Å². The Balaban J connectivity index is 2.92. The summed E-state index contributed by atoms with van der Waals surface area (Å²) in [6.07, 6.45) is -1.07. The van der Waals surface area contributed by atoms with Crippen LogP contribution in [0.25, 0.3) is 0 Å². The number of phenolic OH excluding ortho intramolecular Hbond substituents is 1. The third-order valence-electron chi connectivity index (χ3n) is 1.97. The molecule has 1 amide bonds. The van der Waals surface area contributed by atoms with Gasteiger partial charge in [-0.15, -0.1) is 0 Å². The topological polar surface area (TPSA) is 95.9 Å². The summed E-state index contributed by atoms with van der Waals surface area (Å²) in [5.74, 6) is 0.0143. The Morgan fingerprint density at radius 3 is 2.35 bits per heavy atom. The second-order valence-corrected chi connectivity index (χ2v) is 4.78. The maximum Gasteiger partial charge on any atom is 0.422 e. The molecule has 1 rings (SSSR count). The van der Waals surface area contributed by atoms with Crippen molar-refractivity contribution in [1.82, 2.24) is 4.72 Å². The first-order valence-corrected chi connectivity index (χ1v) is 5.94. The van der Waals surface area contributed by atoms with Crippen LogP contribution in [0.5, 0.6) is 5.75 Å². The lowest BCUT2D eigenvalue weighted by Gasteiger charge is -2.18. The quantitative estimate of drug-likeness (QED) is 0.821. The minimum Gasteiger partial charge on any atom is -0.508 e. The van der Waals surface area contributed by atoms with Crippen molar-refractivity contribution < 1.29 is 23.1 Å². The van der Waals surface area contributed by atoms with Crippen LogP contribution in [0, 0.1) is 0 Å². The molecule has 0 saturated carbocycles. The molecule has 1 aromatic rings. The third-order valence-corrected chi connectivity index (χ3v) is 3.33. The maximum absolute atomic E-state index is 11.6. The van der Waals surface area contributed by atoms with E-state index < -0.39 is 16.3 Å². The van der Waals surface area contributed by atoms with Gasteiger partial charge in [-0.3, -0.25) is 4.31 Å². The number of amides is 1. The van der Waals surface area contributed by atoms with Crippen molar-refractivity contribution >= 4 is 22.0 Å².